The maximum Gasteiger partial charge on any atom is -0.0135 e. The predicted octanol–water partition coefficient (Wildman–Crippen LogP) is 3.55. The SMILES string of the molecule is C=CC(=CCC)C(C)(C)C. The fourth-order valence-electron chi connectivity index (χ4n) is 0.916. The molecule has 0 aliphatic heterocycles. The molecule has 0 heterocycles. The van der Waals surface area contributed by atoms with Gasteiger partial charge < -0.3 is 0 Å². The van der Waals surface area contributed by atoms with E-state index < -0.39 is 0 Å². The lowest BCUT2D eigenvalue weighted by Gasteiger charge is -2.19. The Balaban J connectivity index is 4.36. The Morgan fingerprint density at radius 1 is 1.40 bits per heavy atom. The first kappa shape index (κ1) is 9.48. The summed E-state index contributed by atoms with van der Waals surface area (Å²) in [5.41, 5.74) is 1.60. The van der Waals surface area contributed by atoms with Gasteiger partial charge >= 0.3 is 0 Å². The zero-order chi connectivity index (χ0) is 8.20. The highest BCUT2D eigenvalue weighted by atomic mass is 14.2. The van der Waals surface area contributed by atoms with Crippen LogP contribution in [0.3, 0.4) is 0 Å². The molecule has 0 unspecified atom stereocenters. The van der Waals surface area contributed by atoms with Crippen molar-refractivity contribution >= 4 is 0 Å². The standard InChI is InChI=1S/C10H18/c1-6-8-9(7-2)10(3,4)5/h7-8H,2,6H2,1,3-5H3. The van der Waals surface area contributed by atoms with E-state index in [9.17, 15) is 0 Å². The first-order valence-electron chi connectivity index (χ1n) is 3.85. The van der Waals surface area contributed by atoms with Crippen molar-refractivity contribution in [3.05, 3.63) is 24.3 Å². The topological polar surface area (TPSA) is 0 Å². The van der Waals surface area contributed by atoms with Crippen molar-refractivity contribution in [2.45, 2.75) is 34.1 Å². The Kier molecular flexibility index (Phi) is 3.41. The van der Waals surface area contributed by atoms with Crippen molar-refractivity contribution in [3.8, 4) is 0 Å². The minimum absolute atomic E-state index is 0.262. The van der Waals surface area contributed by atoms with Gasteiger partial charge in [0, 0.05) is 0 Å². The molecule has 0 bridgehead atoms. The van der Waals surface area contributed by atoms with E-state index in [0.717, 1.165) is 6.42 Å². The lowest BCUT2D eigenvalue weighted by atomic mass is 9.86. The molecule has 0 atom stereocenters. The highest BCUT2D eigenvalue weighted by Gasteiger charge is 2.12. The van der Waals surface area contributed by atoms with Crippen molar-refractivity contribution in [2.75, 3.05) is 0 Å². The summed E-state index contributed by atoms with van der Waals surface area (Å²) in [7, 11) is 0. The van der Waals surface area contributed by atoms with Gasteiger partial charge in [0.2, 0.25) is 0 Å². The third-order valence-electron chi connectivity index (χ3n) is 1.51. The molecule has 0 amide bonds. The van der Waals surface area contributed by atoms with Crippen molar-refractivity contribution in [1.82, 2.24) is 0 Å². The van der Waals surface area contributed by atoms with Crippen molar-refractivity contribution in [3.63, 3.8) is 0 Å². The summed E-state index contributed by atoms with van der Waals surface area (Å²) in [4.78, 5) is 0. The molecular formula is C10H18. The minimum Gasteiger partial charge on any atom is -0.0988 e. The quantitative estimate of drug-likeness (QED) is 0.512. The van der Waals surface area contributed by atoms with E-state index in [-0.39, 0.29) is 5.41 Å². The maximum atomic E-state index is 3.78. The molecule has 0 radical (unpaired) electrons. The Bertz CT molecular complexity index is 133. The van der Waals surface area contributed by atoms with E-state index in [1.165, 1.54) is 5.57 Å². The normalized spacial score (nSPS) is 13.4. The van der Waals surface area contributed by atoms with Gasteiger partial charge in [0.15, 0.2) is 0 Å². The largest absolute Gasteiger partial charge is 0.0988 e. The summed E-state index contributed by atoms with van der Waals surface area (Å²) < 4.78 is 0. The molecule has 10 heavy (non-hydrogen) atoms. The van der Waals surface area contributed by atoms with E-state index >= 15 is 0 Å². The van der Waals surface area contributed by atoms with Gasteiger partial charge in [-0.2, -0.15) is 0 Å². The minimum atomic E-state index is 0.262. The van der Waals surface area contributed by atoms with Crippen LogP contribution in [0.25, 0.3) is 0 Å². The fourth-order valence-corrected chi connectivity index (χ4v) is 0.916. The Morgan fingerprint density at radius 2 is 1.90 bits per heavy atom. The van der Waals surface area contributed by atoms with Gasteiger partial charge in [0.25, 0.3) is 0 Å². The number of rotatable bonds is 2. The second-order valence-electron chi connectivity index (χ2n) is 3.52. The zero-order valence-corrected chi connectivity index (χ0v) is 7.57. The van der Waals surface area contributed by atoms with Gasteiger partial charge in [-0.1, -0.05) is 46.4 Å². The molecule has 0 spiro atoms. The highest BCUT2D eigenvalue weighted by Crippen LogP contribution is 2.25. The Morgan fingerprint density at radius 3 is 2.00 bits per heavy atom. The van der Waals surface area contributed by atoms with Crippen LogP contribution >= 0.6 is 0 Å². The molecular weight excluding hydrogens is 120 g/mol. The molecule has 0 rings (SSSR count). The molecule has 0 fully saturated rings. The first-order valence-corrected chi connectivity index (χ1v) is 3.85. The van der Waals surface area contributed by atoms with Gasteiger partial charge in [-0.15, -0.1) is 0 Å². The van der Waals surface area contributed by atoms with Gasteiger partial charge in [-0.3, -0.25) is 0 Å². The first-order chi connectivity index (χ1) is 4.52. The van der Waals surface area contributed by atoms with Crippen LogP contribution in [0.4, 0.5) is 0 Å². The average Bonchev–Trinajstić information content (AvgIpc) is 1.80. The van der Waals surface area contributed by atoms with E-state index in [1.807, 2.05) is 6.08 Å². The molecule has 0 aromatic carbocycles. The van der Waals surface area contributed by atoms with E-state index in [4.69, 9.17) is 0 Å². The molecule has 0 aliphatic carbocycles. The van der Waals surface area contributed by atoms with E-state index in [1.54, 1.807) is 0 Å². The molecule has 0 saturated carbocycles. The lowest BCUT2D eigenvalue weighted by Crippen LogP contribution is -2.06. The smallest absolute Gasteiger partial charge is 0.0135 e. The molecule has 0 heteroatoms. The van der Waals surface area contributed by atoms with Gasteiger partial charge in [-0.25, -0.2) is 0 Å². The van der Waals surface area contributed by atoms with Crippen molar-refractivity contribution in [2.24, 2.45) is 5.41 Å². The molecule has 0 aromatic rings. The van der Waals surface area contributed by atoms with Crippen molar-refractivity contribution in [1.29, 1.82) is 0 Å². The number of allylic oxidation sites excluding steroid dienone is 3. The van der Waals surface area contributed by atoms with Crippen LogP contribution in [0.15, 0.2) is 24.3 Å². The van der Waals surface area contributed by atoms with Crippen LogP contribution < -0.4 is 0 Å². The predicted molar refractivity (Wildman–Crippen MR) is 48.0 cm³/mol. The molecule has 0 N–H and O–H groups in total. The summed E-state index contributed by atoms with van der Waals surface area (Å²) in [6.45, 7) is 12.5. The average molecular weight is 138 g/mol. The molecule has 58 valence electrons. The van der Waals surface area contributed by atoms with Crippen LogP contribution in [0, 0.1) is 5.41 Å². The van der Waals surface area contributed by atoms with Crippen LogP contribution in [-0.4, -0.2) is 0 Å². The van der Waals surface area contributed by atoms with E-state index in [0.29, 0.717) is 0 Å². The summed E-state index contributed by atoms with van der Waals surface area (Å²) in [6, 6.07) is 0. The van der Waals surface area contributed by atoms with Gasteiger partial charge in [0.05, 0.1) is 0 Å². The zero-order valence-electron chi connectivity index (χ0n) is 7.57. The van der Waals surface area contributed by atoms with Gasteiger partial charge in [0.1, 0.15) is 0 Å². The Labute approximate surface area is 64.6 Å². The fraction of sp³-hybridized carbons (Fsp3) is 0.600. The summed E-state index contributed by atoms with van der Waals surface area (Å²) >= 11 is 0. The second-order valence-corrected chi connectivity index (χ2v) is 3.52. The molecule has 0 aromatic heterocycles. The summed E-state index contributed by atoms with van der Waals surface area (Å²) in [5.74, 6) is 0. The number of hydrogen-bond donors (Lipinski definition) is 0. The molecule has 0 nitrogen and oxygen atoms in total. The van der Waals surface area contributed by atoms with Crippen LogP contribution in [0.2, 0.25) is 0 Å². The summed E-state index contributed by atoms with van der Waals surface area (Å²) in [5, 5.41) is 0. The molecule has 0 aliphatic rings. The number of hydrogen-bond acceptors (Lipinski definition) is 0. The van der Waals surface area contributed by atoms with Crippen molar-refractivity contribution < 1.29 is 0 Å². The third kappa shape index (κ3) is 2.86. The second kappa shape index (κ2) is 3.60. The highest BCUT2D eigenvalue weighted by molar-refractivity contribution is 5.22. The third-order valence-corrected chi connectivity index (χ3v) is 1.51. The summed E-state index contributed by atoms with van der Waals surface area (Å²) in [6.07, 6.45) is 5.27. The lowest BCUT2D eigenvalue weighted by molar-refractivity contribution is 0.515. The van der Waals surface area contributed by atoms with Gasteiger partial charge in [-0.05, 0) is 17.4 Å². The monoisotopic (exact) mass is 138 g/mol. The molecule has 0 saturated heterocycles. The Hall–Kier alpha value is -0.520. The van der Waals surface area contributed by atoms with Crippen LogP contribution in [0.1, 0.15) is 34.1 Å². The van der Waals surface area contributed by atoms with E-state index in [2.05, 4.69) is 40.3 Å². The maximum absolute atomic E-state index is 3.78. The van der Waals surface area contributed by atoms with Crippen LogP contribution in [-0.2, 0) is 0 Å². The van der Waals surface area contributed by atoms with Crippen LogP contribution in [0.5, 0.6) is 0 Å².